The van der Waals surface area contributed by atoms with Crippen LogP contribution in [0.4, 0.5) is 5.82 Å². The van der Waals surface area contributed by atoms with Gasteiger partial charge in [-0.15, -0.1) is 0 Å². The molecule has 5 heteroatoms. The Hall–Kier alpha value is -2.66. The monoisotopic (exact) mass is 334 g/mol. The number of nitrogens with zero attached hydrogens (tertiary/aromatic N) is 2. The summed E-state index contributed by atoms with van der Waals surface area (Å²) in [5, 5.41) is 14.7. The molecule has 5 nitrogen and oxygen atoms in total. The van der Waals surface area contributed by atoms with Gasteiger partial charge in [-0.3, -0.25) is 0 Å². The molecule has 4 N–H and O–H groups in total. The molecule has 2 aromatic carbocycles. The highest BCUT2D eigenvalue weighted by Gasteiger charge is 2.23. The van der Waals surface area contributed by atoms with Gasteiger partial charge in [0.25, 0.3) is 0 Å². The van der Waals surface area contributed by atoms with Crippen molar-refractivity contribution in [2.45, 2.75) is 37.8 Å². The number of benzene rings is 2. The number of hydrogen-bond donors (Lipinski definition) is 3. The molecule has 0 radical (unpaired) electrons. The van der Waals surface area contributed by atoms with Gasteiger partial charge in [-0.05, 0) is 37.1 Å². The fourth-order valence-corrected chi connectivity index (χ4v) is 3.48. The van der Waals surface area contributed by atoms with Crippen LogP contribution in [0, 0.1) is 0 Å². The van der Waals surface area contributed by atoms with E-state index in [-0.39, 0.29) is 17.8 Å². The van der Waals surface area contributed by atoms with Crippen molar-refractivity contribution in [3.63, 3.8) is 0 Å². The van der Waals surface area contributed by atoms with E-state index in [1.807, 2.05) is 36.4 Å². The number of anilines is 1. The summed E-state index contributed by atoms with van der Waals surface area (Å²) in [7, 11) is 0. The zero-order valence-electron chi connectivity index (χ0n) is 14.0. The van der Waals surface area contributed by atoms with Gasteiger partial charge in [0.1, 0.15) is 11.6 Å². The van der Waals surface area contributed by atoms with Gasteiger partial charge in [-0.25, -0.2) is 9.97 Å². The summed E-state index contributed by atoms with van der Waals surface area (Å²) in [6.45, 7) is 0. The van der Waals surface area contributed by atoms with E-state index in [0.29, 0.717) is 11.4 Å². The number of nitrogens with one attached hydrogen (secondary N) is 1. The summed E-state index contributed by atoms with van der Waals surface area (Å²) in [5.74, 6) is 1.48. The lowest BCUT2D eigenvalue weighted by Gasteiger charge is -2.30. The quantitative estimate of drug-likeness (QED) is 0.680. The van der Waals surface area contributed by atoms with Crippen LogP contribution in [0.2, 0.25) is 0 Å². The molecule has 0 bridgehead atoms. The molecule has 1 aromatic heterocycles. The number of rotatable bonds is 3. The molecule has 1 fully saturated rings. The molecule has 0 spiro atoms. The first-order chi connectivity index (χ1) is 12.2. The Bertz CT molecular complexity index is 896. The van der Waals surface area contributed by atoms with Gasteiger partial charge >= 0.3 is 0 Å². The summed E-state index contributed by atoms with van der Waals surface area (Å²) in [6.07, 6.45) is 4.45. The molecule has 1 saturated carbocycles. The SMILES string of the molecule is N[C@@H]1CCCCC1Nc1nc(-c2ccccc2O)nc2ccccc12. The van der Waals surface area contributed by atoms with Crippen LogP contribution in [0.3, 0.4) is 0 Å². The Morgan fingerprint density at radius 3 is 2.56 bits per heavy atom. The minimum Gasteiger partial charge on any atom is -0.507 e. The standard InChI is InChI=1S/C20H22N4O/c21-15-9-3-5-11-17(15)23-19-13-7-1-4-10-16(13)22-20(24-19)14-8-2-6-12-18(14)25/h1-2,4,6-8,10,12,15,17,25H,3,5,9,11,21H2,(H,22,23,24)/t15-,17?/m1/s1. The maximum atomic E-state index is 10.2. The largest absolute Gasteiger partial charge is 0.507 e. The second kappa shape index (κ2) is 6.69. The van der Waals surface area contributed by atoms with Crippen molar-refractivity contribution < 1.29 is 5.11 Å². The molecular weight excluding hydrogens is 312 g/mol. The minimum absolute atomic E-state index is 0.135. The zero-order valence-corrected chi connectivity index (χ0v) is 14.0. The summed E-state index contributed by atoms with van der Waals surface area (Å²) in [4.78, 5) is 9.36. The van der Waals surface area contributed by atoms with E-state index in [2.05, 4.69) is 10.3 Å². The van der Waals surface area contributed by atoms with Gasteiger partial charge in [0, 0.05) is 17.5 Å². The van der Waals surface area contributed by atoms with Gasteiger partial charge in [-0.1, -0.05) is 37.1 Å². The molecule has 0 aliphatic heterocycles. The summed E-state index contributed by atoms with van der Waals surface area (Å²) in [5.41, 5.74) is 7.78. The maximum absolute atomic E-state index is 10.2. The third kappa shape index (κ3) is 3.15. The maximum Gasteiger partial charge on any atom is 0.165 e. The van der Waals surface area contributed by atoms with Crippen molar-refractivity contribution in [2.75, 3.05) is 5.32 Å². The molecule has 1 aliphatic rings. The Kier molecular flexibility index (Phi) is 4.24. The number of para-hydroxylation sites is 2. The Morgan fingerprint density at radius 2 is 1.72 bits per heavy atom. The molecule has 1 unspecified atom stereocenters. The molecule has 0 amide bonds. The van der Waals surface area contributed by atoms with E-state index >= 15 is 0 Å². The Balaban J connectivity index is 1.80. The van der Waals surface area contributed by atoms with Crippen LogP contribution in [-0.4, -0.2) is 27.2 Å². The highest BCUT2D eigenvalue weighted by Crippen LogP contribution is 2.31. The van der Waals surface area contributed by atoms with Crippen LogP contribution in [-0.2, 0) is 0 Å². The van der Waals surface area contributed by atoms with Crippen LogP contribution >= 0.6 is 0 Å². The van der Waals surface area contributed by atoms with Crippen molar-refractivity contribution in [3.8, 4) is 17.1 Å². The van der Waals surface area contributed by atoms with Crippen molar-refractivity contribution in [1.82, 2.24) is 9.97 Å². The second-order valence-corrected chi connectivity index (χ2v) is 6.63. The second-order valence-electron chi connectivity index (χ2n) is 6.63. The Labute approximate surface area is 146 Å². The van der Waals surface area contributed by atoms with Gasteiger partial charge in [0.2, 0.25) is 0 Å². The summed E-state index contributed by atoms with van der Waals surface area (Å²) in [6, 6.07) is 15.4. The van der Waals surface area contributed by atoms with Crippen molar-refractivity contribution in [2.24, 2.45) is 5.73 Å². The van der Waals surface area contributed by atoms with Gasteiger partial charge in [0.05, 0.1) is 11.1 Å². The molecule has 25 heavy (non-hydrogen) atoms. The van der Waals surface area contributed by atoms with E-state index < -0.39 is 0 Å². The average Bonchev–Trinajstić information content (AvgIpc) is 2.64. The number of hydrogen-bond acceptors (Lipinski definition) is 5. The molecule has 0 saturated heterocycles. The molecule has 4 rings (SSSR count). The van der Waals surface area contributed by atoms with Crippen LogP contribution in [0.25, 0.3) is 22.3 Å². The fourth-order valence-electron chi connectivity index (χ4n) is 3.48. The van der Waals surface area contributed by atoms with Crippen LogP contribution in [0.5, 0.6) is 5.75 Å². The third-order valence-corrected chi connectivity index (χ3v) is 4.89. The number of phenolic OH excluding ortho intramolecular Hbond substituents is 1. The fraction of sp³-hybridized carbons (Fsp3) is 0.300. The lowest BCUT2D eigenvalue weighted by Crippen LogP contribution is -2.42. The number of fused-ring (bicyclic) bond motifs is 1. The zero-order chi connectivity index (χ0) is 17.2. The van der Waals surface area contributed by atoms with Crippen LogP contribution in [0.15, 0.2) is 48.5 Å². The van der Waals surface area contributed by atoms with Crippen molar-refractivity contribution in [1.29, 1.82) is 0 Å². The molecule has 1 heterocycles. The molecular formula is C20H22N4O. The van der Waals surface area contributed by atoms with E-state index in [0.717, 1.165) is 29.6 Å². The molecule has 128 valence electrons. The van der Waals surface area contributed by atoms with Crippen LogP contribution < -0.4 is 11.1 Å². The first-order valence-corrected chi connectivity index (χ1v) is 8.79. The number of aromatic nitrogens is 2. The van der Waals surface area contributed by atoms with Gasteiger partial charge in [-0.2, -0.15) is 0 Å². The highest BCUT2D eigenvalue weighted by molar-refractivity contribution is 5.91. The molecule has 3 aromatic rings. The van der Waals surface area contributed by atoms with Gasteiger partial charge < -0.3 is 16.2 Å². The highest BCUT2D eigenvalue weighted by atomic mass is 16.3. The van der Waals surface area contributed by atoms with E-state index in [4.69, 9.17) is 10.7 Å². The van der Waals surface area contributed by atoms with Gasteiger partial charge in [0.15, 0.2) is 5.82 Å². The van der Waals surface area contributed by atoms with E-state index in [1.165, 1.54) is 12.8 Å². The predicted molar refractivity (Wildman–Crippen MR) is 100 cm³/mol. The number of phenols is 1. The van der Waals surface area contributed by atoms with Crippen molar-refractivity contribution >= 4 is 16.7 Å². The van der Waals surface area contributed by atoms with E-state index in [9.17, 15) is 5.11 Å². The normalized spacial score (nSPS) is 20.5. The third-order valence-electron chi connectivity index (χ3n) is 4.89. The Morgan fingerprint density at radius 1 is 0.960 bits per heavy atom. The minimum atomic E-state index is 0.135. The lowest BCUT2D eigenvalue weighted by atomic mass is 9.91. The smallest absolute Gasteiger partial charge is 0.165 e. The van der Waals surface area contributed by atoms with Crippen LogP contribution in [0.1, 0.15) is 25.7 Å². The first kappa shape index (κ1) is 15.8. The predicted octanol–water partition coefficient (Wildman–Crippen LogP) is 3.68. The molecule has 1 aliphatic carbocycles. The lowest BCUT2D eigenvalue weighted by molar-refractivity contribution is 0.403. The topological polar surface area (TPSA) is 84.1 Å². The van der Waals surface area contributed by atoms with E-state index in [1.54, 1.807) is 12.1 Å². The first-order valence-electron chi connectivity index (χ1n) is 8.79. The van der Waals surface area contributed by atoms with Crippen molar-refractivity contribution in [3.05, 3.63) is 48.5 Å². The number of nitrogens with two attached hydrogens (primary N) is 1. The summed E-state index contributed by atoms with van der Waals surface area (Å²) < 4.78 is 0. The number of aromatic hydroxyl groups is 1. The molecule has 2 atom stereocenters. The average molecular weight is 334 g/mol. The summed E-state index contributed by atoms with van der Waals surface area (Å²) >= 11 is 0.